The van der Waals surface area contributed by atoms with Crippen molar-refractivity contribution in [3.63, 3.8) is 0 Å². The average Bonchev–Trinajstić information content (AvgIpc) is 2.20. The van der Waals surface area contributed by atoms with Gasteiger partial charge >= 0.3 is 0 Å². The second-order valence-corrected chi connectivity index (χ2v) is 2.54. The fraction of sp³-hybridized carbons (Fsp3) is 0.111. The number of hydrogen-bond donors (Lipinski definition) is 2. The van der Waals surface area contributed by atoms with Gasteiger partial charge in [-0.2, -0.15) is 0 Å². The highest BCUT2D eigenvalue weighted by atomic mass is 19.1. The van der Waals surface area contributed by atoms with Gasteiger partial charge in [-0.1, -0.05) is 6.07 Å². The molecule has 0 amide bonds. The Hall–Kier alpha value is -1.75. The third-order valence-electron chi connectivity index (χ3n) is 1.73. The van der Waals surface area contributed by atoms with Crippen LogP contribution in [0, 0.1) is 5.82 Å². The number of hydroxylamine groups is 1. The highest BCUT2D eigenvalue weighted by molar-refractivity contribution is 5.98. The first-order valence-corrected chi connectivity index (χ1v) is 3.85. The summed E-state index contributed by atoms with van der Waals surface area (Å²) < 4.78 is 13.1. The fourth-order valence-electron chi connectivity index (χ4n) is 1.01. The number of rotatable bonds is 2. The molecule has 74 valence electrons. The third-order valence-corrected chi connectivity index (χ3v) is 1.73. The Morgan fingerprint density at radius 1 is 1.64 bits per heavy atom. The van der Waals surface area contributed by atoms with Crippen LogP contribution in [0.15, 0.2) is 23.2 Å². The maximum atomic E-state index is 13.1. The first-order chi connectivity index (χ1) is 6.72. The predicted molar refractivity (Wildman–Crippen MR) is 49.2 cm³/mol. The lowest BCUT2D eigenvalue weighted by atomic mass is 10.1. The summed E-state index contributed by atoms with van der Waals surface area (Å²) in [4.78, 5) is 14.0. The first kappa shape index (κ1) is 10.3. The maximum Gasteiger partial charge on any atom is 0.152 e. The Bertz CT molecular complexity index is 377. The van der Waals surface area contributed by atoms with Crippen LogP contribution in [-0.2, 0) is 0 Å². The van der Waals surface area contributed by atoms with Crippen molar-refractivity contribution in [2.45, 2.75) is 0 Å². The average molecular weight is 196 g/mol. The molecule has 5 heteroatoms. The van der Waals surface area contributed by atoms with Crippen molar-refractivity contribution in [1.82, 2.24) is 5.48 Å². The molecule has 4 nitrogen and oxygen atoms in total. The molecule has 0 aliphatic heterocycles. The van der Waals surface area contributed by atoms with Gasteiger partial charge in [0.25, 0.3) is 0 Å². The van der Waals surface area contributed by atoms with Crippen molar-refractivity contribution in [2.24, 2.45) is 4.99 Å². The van der Waals surface area contributed by atoms with Crippen molar-refractivity contribution < 1.29 is 14.4 Å². The quantitative estimate of drug-likeness (QED) is 0.321. The molecule has 0 radical (unpaired) electrons. The Morgan fingerprint density at radius 3 is 2.79 bits per heavy atom. The minimum atomic E-state index is -0.645. The monoisotopic (exact) mass is 196 g/mol. The lowest BCUT2D eigenvalue weighted by Gasteiger charge is -2.04. The minimum absolute atomic E-state index is 0.0258. The van der Waals surface area contributed by atoms with E-state index in [9.17, 15) is 9.18 Å². The summed E-state index contributed by atoms with van der Waals surface area (Å²) in [5, 5.41) is 8.62. The smallest absolute Gasteiger partial charge is 0.152 e. The molecule has 0 heterocycles. The number of nitrogens with zero attached hydrogens (tertiary/aromatic N) is 1. The zero-order valence-electron chi connectivity index (χ0n) is 7.49. The summed E-state index contributed by atoms with van der Waals surface area (Å²) in [6, 6.07) is 3.92. The number of carbonyl (C=O) groups excluding carboxylic acids is 1. The summed E-state index contributed by atoms with van der Waals surface area (Å²) >= 11 is 0. The zero-order valence-corrected chi connectivity index (χ0v) is 7.49. The van der Waals surface area contributed by atoms with E-state index in [1.807, 2.05) is 5.48 Å². The number of hydrogen-bond acceptors (Lipinski definition) is 3. The van der Waals surface area contributed by atoms with Crippen molar-refractivity contribution >= 4 is 12.1 Å². The summed E-state index contributed by atoms with van der Waals surface area (Å²) in [5.74, 6) is -0.504. The highest BCUT2D eigenvalue weighted by Crippen LogP contribution is 2.08. The van der Waals surface area contributed by atoms with E-state index in [2.05, 4.69) is 4.99 Å². The number of aliphatic imine (C=N–C) groups is 1. The van der Waals surface area contributed by atoms with Crippen LogP contribution in [0.25, 0.3) is 0 Å². The Balaban J connectivity index is 3.14. The Labute approximate surface area is 80.0 Å². The first-order valence-electron chi connectivity index (χ1n) is 3.85. The molecule has 0 atom stereocenters. The van der Waals surface area contributed by atoms with Gasteiger partial charge in [0.05, 0.1) is 5.56 Å². The van der Waals surface area contributed by atoms with Crippen LogP contribution in [0.5, 0.6) is 0 Å². The van der Waals surface area contributed by atoms with Gasteiger partial charge < -0.3 is 0 Å². The van der Waals surface area contributed by atoms with Crippen LogP contribution >= 0.6 is 0 Å². The summed E-state index contributed by atoms with van der Waals surface area (Å²) in [5.41, 5.74) is 2.18. The molecule has 0 aliphatic carbocycles. The van der Waals surface area contributed by atoms with Gasteiger partial charge in [0, 0.05) is 12.6 Å². The molecule has 0 saturated heterocycles. The number of aldehydes is 1. The molecule has 0 aromatic heterocycles. The third kappa shape index (κ3) is 1.94. The van der Waals surface area contributed by atoms with Crippen molar-refractivity contribution in [3.8, 4) is 0 Å². The number of benzene rings is 1. The molecule has 1 aromatic rings. The van der Waals surface area contributed by atoms with Crippen LogP contribution in [0.1, 0.15) is 15.9 Å². The van der Waals surface area contributed by atoms with Gasteiger partial charge in [-0.05, 0) is 12.1 Å². The fourth-order valence-corrected chi connectivity index (χ4v) is 1.01. The molecular formula is C9H9FN2O2. The van der Waals surface area contributed by atoms with Gasteiger partial charge in [-0.3, -0.25) is 20.5 Å². The van der Waals surface area contributed by atoms with Crippen LogP contribution in [-0.4, -0.2) is 24.4 Å². The van der Waals surface area contributed by atoms with Crippen LogP contribution in [0.3, 0.4) is 0 Å². The molecule has 0 bridgehead atoms. The molecular weight excluding hydrogens is 187 g/mol. The van der Waals surface area contributed by atoms with E-state index in [0.29, 0.717) is 11.8 Å². The van der Waals surface area contributed by atoms with E-state index >= 15 is 0 Å². The number of amidine groups is 1. The SMILES string of the molecule is CN=C(NO)c1ccc(C=O)c(F)c1. The van der Waals surface area contributed by atoms with E-state index in [1.165, 1.54) is 19.2 Å². The van der Waals surface area contributed by atoms with Crippen molar-refractivity contribution in [3.05, 3.63) is 35.1 Å². The zero-order chi connectivity index (χ0) is 10.6. The van der Waals surface area contributed by atoms with Gasteiger partial charge in [0.2, 0.25) is 0 Å². The van der Waals surface area contributed by atoms with Crippen molar-refractivity contribution in [2.75, 3.05) is 7.05 Å². The lowest BCUT2D eigenvalue weighted by Crippen LogP contribution is -2.20. The molecule has 14 heavy (non-hydrogen) atoms. The Morgan fingerprint density at radius 2 is 2.36 bits per heavy atom. The molecule has 1 aromatic carbocycles. The second kappa shape index (κ2) is 4.48. The molecule has 1 rings (SSSR count). The largest absolute Gasteiger partial charge is 0.298 e. The van der Waals surface area contributed by atoms with Crippen LogP contribution in [0.4, 0.5) is 4.39 Å². The van der Waals surface area contributed by atoms with E-state index < -0.39 is 5.82 Å². The number of carbonyl (C=O) groups is 1. The predicted octanol–water partition coefficient (Wildman–Crippen LogP) is 0.993. The number of nitrogens with one attached hydrogen (secondary N) is 1. The summed E-state index contributed by atoms with van der Waals surface area (Å²) in [7, 11) is 1.45. The topological polar surface area (TPSA) is 61.7 Å². The molecule has 2 N–H and O–H groups in total. The normalized spacial score (nSPS) is 11.2. The minimum Gasteiger partial charge on any atom is -0.298 e. The standard InChI is InChI=1S/C9H9FN2O2/c1-11-9(12-14)6-2-3-7(5-13)8(10)4-6/h2-5,14H,1H3,(H,11,12). The molecule has 0 spiro atoms. The maximum absolute atomic E-state index is 13.1. The van der Waals surface area contributed by atoms with E-state index in [4.69, 9.17) is 5.21 Å². The lowest BCUT2D eigenvalue weighted by molar-refractivity contribution is 0.112. The van der Waals surface area contributed by atoms with Crippen LogP contribution < -0.4 is 5.48 Å². The van der Waals surface area contributed by atoms with Crippen LogP contribution in [0.2, 0.25) is 0 Å². The van der Waals surface area contributed by atoms with Gasteiger partial charge in [0.1, 0.15) is 5.82 Å². The molecule has 0 unspecified atom stereocenters. The summed E-state index contributed by atoms with van der Waals surface area (Å²) in [6.07, 6.45) is 0.425. The van der Waals surface area contributed by atoms with E-state index in [0.717, 1.165) is 6.07 Å². The van der Waals surface area contributed by atoms with Gasteiger partial charge in [-0.25, -0.2) is 4.39 Å². The highest BCUT2D eigenvalue weighted by Gasteiger charge is 2.06. The summed E-state index contributed by atoms with van der Waals surface area (Å²) in [6.45, 7) is 0. The molecule has 0 saturated carbocycles. The van der Waals surface area contributed by atoms with E-state index in [1.54, 1.807) is 0 Å². The molecule has 0 fully saturated rings. The Kier molecular flexibility index (Phi) is 3.30. The molecule has 0 aliphatic rings. The number of halogens is 1. The van der Waals surface area contributed by atoms with Gasteiger partial charge in [-0.15, -0.1) is 0 Å². The van der Waals surface area contributed by atoms with Crippen molar-refractivity contribution in [1.29, 1.82) is 0 Å². The van der Waals surface area contributed by atoms with E-state index in [-0.39, 0.29) is 11.4 Å². The second-order valence-electron chi connectivity index (χ2n) is 2.54. The van der Waals surface area contributed by atoms with Gasteiger partial charge in [0.15, 0.2) is 12.1 Å².